The number of para-hydroxylation sites is 1. The summed E-state index contributed by atoms with van der Waals surface area (Å²) in [7, 11) is 0. The molecule has 2 heteroatoms. The second kappa shape index (κ2) is 5.96. The normalized spacial score (nSPS) is 13.1. The number of hydrogen-bond donors (Lipinski definition) is 1. The zero-order valence-corrected chi connectivity index (χ0v) is 11.1. The molecule has 1 aromatic carbocycles. The minimum Gasteiger partial charge on any atom is -0.392 e. The average molecular weight is 243 g/mol. The molecule has 0 fully saturated rings. The van der Waals surface area contributed by atoms with E-state index in [1.807, 2.05) is 30.5 Å². The van der Waals surface area contributed by atoms with Crippen LogP contribution in [0.2, 0.25) is 0 Å². The van der Waals surface area contributed by atoms with Crippen molar-refractivity contribution in [2.45, 2.75) is 39.2 Å². The quantitative estimate of drug-likeness (QED) is 0.870. The molecular formula is C16H21NO. The Bertz CT molecular complexity index is 500. The van der Waals surface area contributed by atoms with E-state index < -0.39 is 0 Å². The van der Waals surface area contributed by atoms with Gasteiger partial charge in [-0.15, -0.1) is 0 Å². The smallest absolute Gasteiger partial charge is 0.0704 e. The molecule has 2 aromatic rings. The van der Waals surface area contributed by atoms with Gasteiger partial charge < -0.3 is 5.11 Å². The molecule has 1 N–H and O–H groups in total. The maximum atomic E-state index is 10.3. The van der Waals surface area contributed by atoms with E-state index in [9.17, 15) is 5.11 Å². The second-order valence-electron chi connectivity index (χ2n) is 4.84. The highest BCUT2D eigenvalue weighted by Gasteiger charge is 2.16. The van der Waals surface area contributed by atoms with Crippen LogP contribution in [0.4, 0.5) is 0 Å². The van der Waals surface area contributed by atoms with Crippen LogP contribution in [0.25, 0.3) is 10.9 Å². The van der Waals surface area contributed by atoms with E-state index in [0.29, 0.717) is 5.92 Å². The molecule has 0 saturated carbocycles. The Balaban J connectivity index is 2.26. The van der Waals surface area contributed by atoms with E-state index in [2.05, 4.69) is 24.9 Å². The van der Waals surface area contributed by atoms with Crippen molar-refractivity contribution in [3.05, 3.63) is 42.1 Å². The summed E-state index contributed by atoms with van der Waals surface area (Å²) >= 11 is 0. The summed E-state index contributed by atoms with van der Waals surface area (Å²) in [5, 5.41) is 11.5. The highest BCUT2D eigenvalue weighted by atomic mass is 16.3. The zero-order chi connectivity index (χ0) is 13.0. The zero-order valence-electron chi connectivity index (χ0n) is 11.1. The standard InChI is InChI=1S/C16H21NO/c1-3-12(4-2)16(18)11-13-9-10-17-15-8-6-5-7-14(13)15/h5-10,12,16,18H,3-4,11H2,1-2H3. The van der Waals surface area contributed by atoms with Crippen LogP contribution in [0, 0.1) is 5.92 Å². The molecule has 0 saturated heterocycles. The molecule has 0 amide bonds. The van der Waals surface area contributed by atoms with Gasteiger partial charge in [0.15, 0.2) is 0 Å². The van der Waals surface area contributed by atoms with Crippen molar-refractivity contribution in [3.8, 4) is 0 Å². The van der Waals surface area contributed by atoms with Gasteiger partial charge in [0.25, 0.3) is 0 Å². The Labute approximate surface area is 109 Å². The van der Waals surface area contributed by atoms with E-state index in [0.717, 1.165) is 30.2 Å². The number of benzene rings is 1. The SMILES string of the molecule is CCC(CC)C(O)Cc1ccnc2ccccc12. The summed E-state index contributed by atoms with van der Waals surface area (Å²) in [6.07, 6.45) is 4.35. The van der Waals surface area contributed by atoms with Gasteiger partial charge in [0.05, 0.1) is 11.6 Å². The van der Waals surface area contributed by atoms with E-state index in [1.165, 1.54) is 5.56 Å². The van der Waals surface area contributed by atoms with Crippen molar-refractivity contribution < 1.29 is 5.11 Å². The largest absolute Gasteiger partial charge is 0.392 e. The summed E-state index contributed by atoms with van der Waals surface area (Å²) in [4.78, 5) is 4.35. The summed E-state index contributed by atoms with van der Waals surface area (Å²) in [6.45, 7) is 4.28. The van der Waals surface area contributed by atoms with Crippen LogP contribution < -0.4 is 0 Å². The number of aliphatic hydroxyl groups excluding tert-OH is 1. The molecule has 0 aliphatic carbocycles. The molecule has 18 heavy (non-hydrogen) atoms. The number of aliphatic hydroxyl groups is 1. The van der Waals surface area contributed by atoms with Crippen molar-refractivity contribution in [1.29, 1.82) is 0 Å². The summed E-state index contributed by atoms with van der Waals surface area (Å²) in [5.41, 5.74) is 2.20. The van der Waals surface area contributed by atoms with Crippen molar-refractivity contribution in [3.63, 3.8) is 0 Å². The van der Waals surface area contributed by atoms with Crippen molar-refractivity contribution in [2.75, 3.05) is 0 Å². The predicted octanol–water partition coefficient (Wildman–Crippen LogP) is 3.57. The average Bonchev–Trinajstić information content (AvgIpc) is 2.40. The molecule has 0 bridgehead atoms. The Hall–Kier alpha value is -1.41. The maximum absolute atomic E-state index is 10.3. The maximum Gasteiger partial charge on any atom is 0.0704 e. The van der Waals surface area contributed by atoms with Crippen molar-refractivity contribution in [1.82, 2.24) is 4.98 Å². The number of hydrogen-bond acceptors (Lipinski definition) is 2. The van der Waals surface area contributed by atoms with Crippen LogP contribution in [0.15, 0.2) is 36.5 Å². The van der Waals surface area contributed by atoms with Gasteiger partial charge >= 0.3 is 0 Å². The Morgan fingerprint density at radius 2 is 1.83 bits per heavy atom. The second-order valence-corrected chi connectivity index (χ2v) is 4.84. The summed E-state index contributed by atoms with van der Waals surface area (Å²) in [5.74, 6) is 0.386. The highest BCUT2D eigenvalue weighted by molar-refractivity contribution is 5.81. The Morgan fingerprint density at radius 1 is 1.11 bits per heavy atom. The fourth-order valence-corrected chi connectivity index (χ4v) is 2.56. The molecule has 2 nitrogen and oxygen atoms in total. The van der Waals surface area contributed by atoms with Crippen LogP contribution in [-0.4, -0.2) is 16.2 Å². The van der Waals surface area contributed by atoms with Crippen LogP contribution >= 0.6 is 0 Å². The monoisotopic (exact) mass is 243 g/mol. The first-order valence-electron chi connectivity index (χ1n) is 6.77. The van der Waals surface area contributed by atoms with Crippen LogP contribution in [0.1, 0.15) is 32.3 Å². The van der Waals surface area contributed by atoms with E-state index >= 15 is 0 Å². The predicted molar refractivity (Wildman–Crippen MR) is 75.5 cm³/mol. The molecule has 0 spiro atoms. The van der Waals surface area contributed by atoms with E-state index in [1.54, 1.807) is 0 Å². The molecule has 96 valence electrons. The third-order valence-corrected chi connectivity index (χ3v) is 3.76. The van der Waals surface area contributed by atoms with Gasteiger partial charge in [-0.2, -0.15) is 0 Å². The molecule has 1 atom stereocenters. The van der Waals surface area contributed by atoms with Gasteiger partial charge in [-0.1, -0.05) is 44.9 Å². The number of aromatic nitrogens is 1. The molecule has 1 heterocycles. The number of rotatable bonds is 5. The molecule has 1 aromatic heterocycles. The number of fused-ring (bicyclic) bond motifs is 1. The molecule has 0 aliphatic rings. The lowest BCUT2D eigenvalue weighted by molar-refractivity contribution is 0.103. The third kappa shape index (κ3) is 2.70. The first kappa shape index (κ1) is 13.0. The first-order valence-corrected chi connectivity index (χ1v) is 6.77. The Morgan fingerprint density at radius 3 is 2.56 bits per heavy atom. The van der Waals surface area contributed by atoms with Crippen molar-refractivity contribution >= 4 is 10.9 Å². The highest BCUT2D eigenvalue weighted by Crippen LogP contribution is 2.22. The molecule has 0 aliphatic heterocycles. The first-order chi connectivity index (χ1) is 8.76. The van der Waals surface area contributed by atoms with Gasteiger partial charge in [0.2, 0.25) is 0 Å². The van der Waals surface area contributed by atoms with Gasteiger partial charge in [0.1, 0.15) is 0 Å². The minimum absolute atomic E-state index is 0.259. The minimum atomic E-state index is -0.259. The number of nitrogens with zero attached hydrogens (tertiary/aromatic N) is 1. The van der Waals surface area contributed by atoms with Crippen LogP contribution in [0.5, 0.6) is 0 Å². The summed E-state index contributed by atoms with van der Waals surface area (Å²) in [6, 6.07) is 10.1. The number of pyridine rings is 1. The van der Waals surface area contributed by atoms with E-state index in [4.69, 9.17) is 0 Å². The molecule has 1 unspecified atom stereocenters. The lowest BCUT2D eigenvalue weighted by Crippen LogP contribution is -2.21. The lowest BCUT2D eigenvalue weighted by atomic mass is 9.91. The van der Waals surface area contributed by atoms with Gasteiger partial charge in [-0.25, -0.2) is 0 Å². The van der Waals surface area contributed by atoms with Gasteiger partial charge in [-0.3, -0.25) is 4.98 Å². The van der Waals surface area contributed by atoms with Crippen LogP contribution in [0.3, 0.4) is 0 Å². The van der Waals surface area contributed by atoms with Crippen molar-refractivity contribution in [2.24, 2.45) is 5.92 Å². The summed E-state index contributed by atoms with van der Waals surface area (Å²) < 4.78 is 0. The molecular weight excluding hydrogens is 222 g/mol. The topological polar surface area (TPSA) is 33.1 Å². The van der Waals surface area contributed by atoms with Crippen LogP contribution in [-0.2, 0) is 6.42 Å². The molecule has 0 radical (unpaired) electrons. The Kier molecular flexibility index (Phi) is 4.32. The lowest BCUT2D eigenvalue weighted by Gasteiger charge is -2.20. The fourth-order valence-electron chi connectivity index (χ4n) is 2.56. The molecule has 2 rings (SSSR count). The van der Waals surface area contributed by atoms with E-state index in [-0.39, 0.29) is 6.10 Å². The van der Waals surface area contributed by atoms with Gasteiger partial charge in [0, 0.05) is 11.6 Å². The third-order valence-electron chi connectivity index (χ3n) is 3.76. The fraction of sp³-hybridized carbons (Fsp3) is 0.438. The van der Waals surface area contributed by atoms with Gasteiger partial charge in [-0.05, 0) is 30.0 Å².